The van der Waals surface area contributed by atoms with Gasteiger partial charge in [-0.05, 0) is 47.6 Å². The zero-order valence-corrected chi connectivity index (χ0v) is 29.0. The van der Waals surface area contributed by atoms with E-state index in [0.717, 1.165) is 53.7 Å². The number of pyridine rings is 1. The molecule has 8 rings (SSSR count). The second kappa shape index (κ2) is 16.9. The molecule has 0 saturated carbocycles. The molecule has 3 aromatic heterocycles. The highest BCUT2D eigenvalue weighted by Crippen LogP contribution is 2.38. The molecule has 7 heteroatoms. The van der Waals surface area contributed by atoms with Crippen LogP contribution in [-0.4, -0.2) is 41.3 Å². The van der Waals surface area contributed by atoms with Gasteiger partial charge in [-0.1, -0.05) is 135 Å². The SMILES string of the molecule is CC.c1ccc(-c2cc3c(N4CCOCC4)nc(-c4cccnc4)nc3s2)cc1.c1ccc(P(c2ccccc2)c2ccccc2)cc1. The Labute approximate surface area is 288 Å². The highest BCUT2D eigenvalue weighted by molar-refractivity contribution is 7.79. The lowest BCUT2D eigenvalue weighted by atomic mass is 10.2. The van der Waals surface area contributed by atoms with E-state index < -0.39 is 7.92 Å². The summed E-state index contributed by atoms with van der Waals surface area (Å²) < 4.78 is 5.53. The standard InChI is InChI=1S/C21H18N4OS.C18H15P.C2H6/c1-2-5-15(6-3-1)18-13-17-20(25-9-11-26-12-10-25)23-19(24-21(17)27-18)16-7-4-8-22-14-16;1-4-10-16(11-5-1)19(17-12-6-2-7-13-17)18-14-8-3-9-15-18;1-2/h1-8,13-14H,9-12H2;1-15H;1-2H3. The fourth-order valence-electron chi connectivity index (χ4n) is 5.47. The molecule has 1 fully saturated rings. The van der Waals surface area contributed by atoms with Gasteiger partial charge in [-0.15, -0.1) is 11.3 Å². The third-order valence-corrected chi connectivity index (χ3v) is 11.2. The molecule has 0 bridgehead atoms. The number of nitrogens with zero attached hydrogens (tertiary/aromatic N) is 4. The fraction of sp³-hybridized carbons (Fsp3) is 0.146. The van der Waals surface area contributed by atoms with Crippen LogP contribution in [0.5, 0.6) is 0 Å². The van der Waals surface area contributed by atoms with Crippen LogP contribution >= 0.6 is 19.3 Å². The number of thiophene rings is 1. The van der Waals surface area contributed by atoms with Crippen molar-refractivity contribution in [2.75, 3.05) is 31.2 Å². The molecule has 4 aromatic carbocycles. The van der Waals surface area contributed by atoms with Crippen LogP contribution in [0.4, 0.5) is 5.82 Å². The summed E-state index contributed by atoms with van der Waals surface area (Å²) in [5, 5.41) is 5.30. The average Bonchev–Trinajstić information content (AvgIpc) is 3.63. The molecular formula is C41H39N4OPS. The zero-order chi connectivity index (χ0) is 33.0. The van der Waals surface area contributed by atoms with Crippen molar-refractivity contribution in [3.8, 4) is 21.8 Å². The predicted molar refractivity (Wildman–Crippen MR) is 206 cm³/mol. The van der Waals surface area contributed by atoms with Crippen LogP contribution < -0.4 is 20.8 Å². The summed E-state index contributed by atoms with van der Waals surface area (Å²) in [6, 6.07) is 48.9. The second-order valence-electron chi connectivity index (χ2n) is 10.7. The molecule has 0 unspecified atom stereocenters. The molecule has 0 N–H and O–H groups in total. The number of aromatic nitrogens is 3. The summed E-state index contributed by atoms with van der Waals surface area (Å²) in [5.41, 5.74) is 2.14. The van der Waals surface area contributed by atoms with Crippen molar-refractivity contribution >= 4 is 51.2 Å². The summed E-state index contributed by atoms with van der Waals surface area (Å²) in [7, 11) is -0.446. The first-order chi connectivity index (χ1) is 23.8. The van der Waals surface area contributed by atoms with Crippen LogP contribution in [0.2, 0.25) is 0 Å². The first kappa shape index (κ1) is 33.2. The number of hydrogen-bond acceptors (Lipinski definition) is 6. The molecule has 0 amide bonds. The molecule has 0 atom stereocenters. The fourth-order valence-corrected chi connectivity index (χ4v) is 8.81. The topological polar surface area (TPSA) is 51.1 Å². The number of ether oxygens (including phenoxy) is 1. The molecular weight excluding hydrogens is 628 g/mol. The largest absolute Gasteiger partial charge is 0.378 e. The van der Waals surface area contributed by atoms with Gasteiger partial charge in [0.05, 0.1) is 18.6 Å². The van der Waals surface area contributed by atoms with Crippen molar-refractivity contribution in [2.45, 2.75) is 13.8 Å². The van der Waals surface area contributed by atoms with E-state index in [-0.39, 0.29) is 0 Å². The molecule has 0 radical (unpaired) electrons. The first-order valence-electron chi connectivity index (χ1n) is 16.4. The normalized spacial score (nSPS) is 12.5. The number of anilines is 1. The highest BCUT2D eigenvalue weighted by atomic mass is 32.1. The molecule has 0 spiro atoms. The van der Waals surface area contributed by atoms with E-state index in [9.17, 15) is 0 Å². The maximum Gasteiger partial charge on any atom is 0.164 e. The van der Waals surface area contributed by atoms with E-state index in [1.54, 1.807) is 17.5 Å². The summed E-state index contributed by atoms with van der Waals surface area (Å²) in [6.45, 7) is 7.14. The van der Waals surface area contributed by atoms with E-state index in [2.05, 4.69) is 131 Å². The minimum Gasteiger partial charge on any atom is -0.378 e. The van der Waals surface area contributed by atoms with E-state index in [1.165, 1.54) is 26.4 Å². The minimum absolute atomic E-state index is 0.446. The van der Waals surface area contributed by atoms with Crippen LogP contribution in [-0.2, 0) is 4.74 Å². The zero-order valence-electron chi connectivity index (χ0n) is 27.3. The van der Waals surface area contributed by atoms with E-state index in [4.69, 9.17) is 14.7 Å². The van der Waals surface area contributed by atoms with E-state index in [0.29, 0.717) is 0 Å². The van der Waals surface area contributed by atoms with Gasteiger partial charge >= 0.3 is 0 Å². The Morgan fingerprint density at radius 1 is 0.625 bits per heavy atom. The Kier molecular flexibility index (Phi) is 11.7. The number of fused-ring (bicyclic) bond motifs is 1. The lowest BCUT2D eigenvalue weighted by Gasteiger charge is -2.28. The van der Waals surface area contributed by atoms with Gasteiger partial charge in [0.25, 0.3) is 0 Å². The van der Waals surface area contributed by atoms with Crippen LogP contribution in [0, 0.1) is 0 Å². The number of benzene rings is 4. The molecule has 1 saturated heterocycles. The summed E-state index contributed by atoms with van der Waals surface area (Å²) in [5.74, 6) is 1.71. The Balaban J connectivity index is 0.000000168. The van der Waals surface area contributed by atoms with Crippen molar-refractivity contribution in [1.29, 1.82) is 0 Å². The molecule has 0 aliphatic carbocycles. The molecule has 4 heterocycles. The summed E-state index contributed by atoms with van der Waals surface area (Å²) in [6.07, 6.45) is 3.58. The van der Waals surface area contributed by atoms with Crippen molar-refractivity contribution in [3.05, 3.63) is 152 Å². The predicted octanol–water partition coefficient (Wildman–Crippen LogP) is 8.73. The van der Waals surface area contributed by atoms with Crippen LogP contribution in [0.15, 0.2) is 152 Å². The Hall–Kier alpha value is -4.74. The van der Waals surface area contributed by atoms with Crippen LogP contribution in [0.3, 0.4) is 0 Å². The third-order valence-electron chi connectivity index (χ3n) is 7.70. The molecule has 240 valence electrons. The quantitative estimate of drug-likeness (QED) is 0.166. The van der Waals surface area contributed by atoms with E-state index >= 15 is 0 Å². The van der Waals surface area contributed by atoms with Gasteiger partial charge in [-0.2, -0.15) is 0 Å². The van der Waals surface area contributed by atoms with Crippen LogP contribution in [0.25, 0.3) is 32.0 Å². The smallest absolute Gasteiger partial charge is 0.164 e. The van der Waals surface area contributed by atoms with Gasteiger partial charge in [-0.25, -0.2) is 9.97 Å². The first-order valence-corrected chi connectivity index (χ1v) is 18.5. The Bertz CT molecular complexity index is 1880. The molecule has 1 aliphatic rings. The number of morpholine rings is 1. The minimum atomic E-state index is -0.446. The third kappa shape index (κ3) is 8.03. The monoisotopic (exact) mass is 666 g/mol. The van der Waals surface area contributed by atoms with Crippen molar-refractivity contribution in [3.63, 3.8) is 0 Å². The van der Waals surface area contributed by atoms with Gasteiger partial charge in [0.2, 0.25) is 0 Å². The second-order valence-corrected chi connectivity index (χ2v) is 14.0. The lowest BCUT2D eigenvalue weighted by molar-refractivity contribution is 0.122. The lowest BCUT2D eigenvalue weighted by Crippen LogP contribution is -2.37. The Morgan fingerprint density at radius 3 is 1.67 bits per heavy atom. The van der Waals surface area contributed by atoms with Gasteiger partial charge < -0.3 is 9.64 Å². The maximum atomic E-state index is 5.53. The average molecular weight is 667 g/mol. The molecule has 48 heavy (non-hydrogen) atoms. The van der Waals surface area contributed by atoms with Crippen molar-refractivity contribution in [2.24, 2.45) is 0 Å². The number of hydrogen-bond donors (Lipinski definition) is 0. The van der Waals surface area contributed by atoms with Gasteiger partial charge in [0.15, 0.2) is 5.82 Å². The van der Waals surface area contributed by atoms with Crippen molar-refractivity contribution in [1.82, 2.24) is 15.0 Å². The summed E-state index contributed by atoms with van der Waals surface area (Å²) in [4.78, 5) is 18.5. The summed E-state index contributed by atoms with van der Waals surface area (Å²) >= 11 is 1.71. The Morgan fingerprint density at radius 2 is 1.15 bits per heavy atom. The maximum absolute atomic E-state index is 5.53. The van der Waals surface area contributed by atoms with Gasteiger partial charge in [0.1, 0.15) is 10.6 Å². The van der Waals surface area contributed by atoms with Crippen molar-refractivity contribution < 1.29 is 4.74 Å². The molecule has 7 aromatic rings. The molecule has 1 aliphatic heterocycles. The molecule has 5 nitrogen and oxygen atoms in total. The van der Waals surface area contributed by atoms with Gasteiger partial charge in [0, 0.05) is 35.9 Å². The van der Waals surface area contributed by atoms with Gasteiger partial charge in [-0.3, -0.25) is 4.98 Å². The highest BCUT2D eigenvalue weighted by Gasteiger charge is 2.20. The van der Waals surface area contributed by atoms with E-state index in [1.807, 2.05) is 38.2 Å². The van der Waals surface area contributed by atoms with Crippen LogP contribution in [0.1, 0.15) is 13.8 Å². The number of rotatable bonds is 6.